The zero-order valence-electron chi connectivity index (χ0n) is 10.5. The maximum Gasteiger partial charge on any atom is 0.141 e. The number of piperidine rings is 1. The Morgan fingerprint density at radius 1 is 1.61 bits per heavy atom. The van der Waals surface area contributed by atoms with Gasteiger partial charge in [-0.05, 0) is 25.8 Å². The van der Waals surface area contributed by atoms with Crippen LogP contribution in [0.4, 0.5) is 10.2 Å². The largest absolute Gasteiger partial charge is 0.377 e. The van der Waals surface area contributed by atoms with Gasteiger partial charge in [-0.15, -0.1) is 11.6 Å². The summed E-state index contributed by atoms with van der Waals surface area (Å²) in [5.41, 5.74) is 0.744. The SMILES string of the molecule is CCOC1CCCN(c2ncc(F)cc2CCl)C1. The summed E-state index contributed by atoms with van der Waals surface area (Å²) in [5.74, 6) is 0.721. The Labute approximate surface area is 112 Å². The van der Waals surface area contributed by atoms with E-state index in [-0.39, 0.29) is 17.8 Å². The quantitative estimate of drug-likeness (QED) is 0.788. The van der Waals surface area contributed by atoms with Crippen LogP contribution in [0.1, 0.15) is 25.3 Å². The van der Waals surface area contributed by atoms with E-state index in [4.69, 9.17) is 16.3 Å². The van der Waals surface area contributed by atoms with Crippen molar-refractivity contribution in [2.45, 2.75) is 31.7 Å². The highest BCUT2D eigenvalue weighted by Crippen LogP contribution is 2.24. The van der Waals surface area contributed by atoms with Gasteiger partial charge in [0.25, 0.3) is 0 Å². The van der Waals surface area contributed by atoms with Gasteiger partial charge in [0.2, 0.25) is 0 Å². The molecule has 2 heterocycles. The lowest BCUT2D eigenvalue weighted by molar-refractivity contribution is 0.0525. The number of halogens is 2. The fraction of sp³-hybridized carbons (Fsp3) is 0.615. The van der Waals surface area contributed by atoms with E-state index >= 15 is 0 Å². The van der Waals surface area contributed by atoms with E-state index in [1.807, 2.05) is 6.92 Å². The minimum atomic E-state index is -0.340. The van der Waals surface area contributed by atoms with Crippen molar-refractivity contribution >= 4 is 17.4 Å². The van der Waals surface area contributed by atoms with Gasteiger partial charge in [0.05, 0.1) is 18.2 Å². The Morgan fingerprint density at radius 2 is 2.44 bits per heavy atom. The molecule has 1 atom stereocenters. The first-order valence-corrected chi connectivity index (χ1v) is 6.85. The highest BCUT2D eigenvalue weighted by Gasteiger charge is 2.22. The molecule has 1 unspecified atom stereocenters. The summed E-state index contributed by atoms with van der Waals surface area (Å²) in [7, 11) is 0. The maximum absolute atomic E-state index is 13.1. The molecular formula is C13H18ClFN2O. The molecule has 100 valence electrons. The van der Waals surface area contributed by atoms with Crippen LogP contribution in [0.2, 0.25) is 0 Å². The van der Waals surface area contributed by atoms with Crippen molar-refractivity contribution in [3.8, 4) is 0 Å². The van der Waals surface area contributed by atoms with Gasteiger partial charge in [0.15, 0.2) is 0 Å². The van der Waals surface area contributed by atoms with E-state index in [2.05, 4.69) is 9.88 Å². The molecule has 1 fully saturated rings. The van der Waals surface area contributed by atoms with E-state index < -0.39 is 0 Å². The zero-order valence-corrected chi connectivity index (χ0v) is 11.3. The van der Waals surface area contributed by atoms with E-state index in [9.17, 15) is 4.39 Å². The minimum absolute atomic E-state index is 0.235. The fourth-order valence-electron chi connectivity index (χ4n) is 2.36. The van der Waals surface area contributed by atoms with Crippen LogP contribution in [0, 0.1) is 5.82 Å². The second-order valence-electron chi connectivity index (χ2n) is 4.44. The van der Waals surface area contributed by atoms with Gasteiger partial charge in [-0.2, -0.15) is 0 Å². The molecule has 0 N–H and O–H groups in total. The Morgan fingerprint density at radius 3 is 3.17 bits per heavy atom. The van der Waals surface area contributed by atoms with Crippen molar-refractivity contribution in [1.82, 2.24) is 4.98 Å². The smallest absolute Gasteiger partial charge is 0.141 e. The molecule has 1 aromatic heterocycles. The molecule has 1 saturated heterocycles. The molecule has 18 heavy (non-hydrogen) atoms. The van der Waals surface area contributed by atoms with Crippen LogP contribution >= 0.6 is 11.6 Å². The van der Waals surface area contributed by atoms with Gasteiger partial charge < -0.3 is 9.64 Å². The second-order valence-corrected chi connectivity index (χ2v) is 4.70. The molecular weight excluding hydrogens is 255 g/mol. The van der Waals surface area contributed by atoms with E-state index in [0.29, 0.717) is 0 Å². The summed E-state index contributed by atoms with van der Waals surface area (Å²) in [6, 6.07) is 1.46. The molecule has 3 nitrogen and oxygen atoms in total. The number of pyridine rings is 1. The number of anilines is 1. The second kappa shape index (κ2) is 6.34. The van der Waals surface area contributed by atoms with Gasteiger partial charge in [-0.3, -0.25) is 0 Å². The number of rotatable bonds is 4. The van der Waals surface area contributed by atoms with Crippen molar-refractivity contribution < 1.29 is 9.13 Å². The lowest BCUT2D eigenvalue weighted by Gasteiger charge is -2.34. The van der Waals surface area contributed by atoms with Crippen molar-refractivity contribution in [3.63, 3.8) is 0 Å². The van der Waals surface area contributed by atoms with Crippen molar-refractivity contribution in [1.29, 1.82) is 0 Å². The number of nitrogens with zero attached hydrogens (tertiary/aromatic N) is 2. The molecule has 0 aliphatic carbocycles. The van der Waals surface area contributed by atoms with E-state index in [1.54, 1.807) is 0 Å². The average molecular weight is 273 g/mol. The number of alkyl halides is 1. The van der Waals surface area contributed by atoms with Gasteiger partial charge in [-0.1, -0.05) is 0 Å². The van der Waals surface area contributed by atoms with Crippen molar-refractivity contribution in [2.75, 3.05) is 24.6 Å². The van der Waals surface area contributed by atoms with Crippen LogP contribution in [0.5, 0.6) is 0 Å². The van der Waals surface area contributed by atoms with Crippen LogP contribution < -0.4 is 4.90 Å². The van der Waals surface area contributed by atoms with Gasteiger partial charge in [0, 0.05) is 25.3 Å². The third-order valence-corrected chi connectivity index (χ3v) is 3.42. The molecule has 5 heteroatoms. The predicted molar refractivity (Wildman–Crippen MR) is 70.6 cm³/mol. The van der Waals surface area contributed by atoms with Crippen LogP contribution in [-0.2, 0) is 10.6 Å². The van der Waals surface area contributed by atoms with E-state index in [1.165, 1.54) is 12.3 Å². The summed E-state index contributed by atoms with van der Waals surface area (Å²) in [6.45, 7) is 4.44. The predicted octanol–water partition coefficient (Wildman–Crippen LogP) is 2.96. The molecule has 0 spiro atoms. The molecule has 2 rings (SSSR count). The summed E-state index contributed by atoms with van der Waals surface area (Å²) >= 11 is 5.86. The Kier molecular flexibility index (Phi) is 4.78. The Balaban J connectivity index is 2.15. The molecule has 1 aromatic rings. The highest BCUT2D eigenvalue weighted by atomic mass is 35.5. The summed E-state index contributed by atoms with van der Waals surface area (Å²) in [6.07, 6.45) is 3.61. The van der Waals surface area contributed by atoms with Crippen LogP contribution in [0.25, 0.3) is 0 Å². The first kappa shape index (κ1) is 13.6. The molecule has 0 radical (unpaired) electrons. The molecule has 1 aliphatic heterocycles. The molecule has 0 bridgehead atoms. The third-order valence-electron chi connectivity index (χ3n) is 3.13. The minimum Gasteiger partial charge on any atom is -0.377 e. The maximum atomic E-state index is 13.1. The summed E-state index contributed by atoms with van der Waals surface area (Å²) in [4.78, 5) is 6.32. The Hall–Kier alpha value is -0.870. The lowest BCUT2D eigenvalue weighted by atomic mass is 10.1. The lowest BCUT2D eigenvalue weighted by Crippen LogP contribution is -2.40. The van der Waals surface area contributed by atoms with Crippen LogP contribution in [0.3, 0.4) is 0 Å². The van der Waals surface area contributed by atoms with Crippen molar-refractivity contribution in [3.05, 3.63) is 23.6 Å². The van der Waals surface area contributed by atoms with Gasteiger partial charge in [0.1, 0.15) is 11.6 Å². The molecule has 0 amide bonds. The fourth-order valence-corrected chi connectivity index (χ4v) is 2.56. The van der Waals surface area contributed by atoms with Crippen LogP contribution in [0.15, 0.2) is 12.3 Å². The first-order chi connectivity index (χ1) is 8.74. The summed E-state index contributed by atoms with van der Waals surface area (Å²) in [5, 5.41) is 0. The zero-order chi connectivity index (χ0) is 13.0. The van der Waals surface area contributed by atoms with Gasteiger partial charge >= 0.3 is 0 Å². The number of aromatic nitrogens is 1. The first-order valence-electron chi connectivity index (χ1n) is 6.31. The molecule has 1 aliphatic rings. The van der Waals surface area contributed by atoms with Crippen LogP contribution in [-0.4, -0.2) is 30.8 Å². The summed E-state index contributed by atoms with van der Waals surface area (Å²) < 4.78 is 18.8. The number of ether oxygens (including phenoxy) is 1. The topological polar surface area (TPSA) is 25.4 Å². The number of hydrogen-bond donors (Lipinski definition) is 0. The Bertz CT molecular complexity index is 401. The standard InChI is InChI=1S/C13H18ClFN2O/c1-2-18-12-4-3-5-17(9-12)13-10(7-14)6-11(15)8-16-13/h6,8,12H,2-5,7,9H2,1H3. The highest BCUT2D eigenvalue weighted by molar-refractivity contribution is 6.17. The van der Waals surface area contributed by atoms with Crippen molar-refractivity contribution in [2.24, 2.45) is 0 Å². The monoisotopic (exact) mass is 272 g/mol. The molecule has 0 saturated carbocycles. The third kappa shape index (κ3) is 3.12. The molecule has 0 aromatic carbocycles. The average Bonchev–Trinajstić information content (AvgIpc) is 2.39. The number of hydrogen-bond acceptors (Lipinski definition) is 3. The van der Waals surface area contributed by atoms with Gasteiger partial charge in [-0.25, -0.2) is 9.37 Å². The normalized spacial score (nSPS) is 20.2. The van der Waals surface area contributed by atoms with E-state index in [0.717, 1.165) is 43.9 Å².